The quantitative estimate of drug-likeness (QED) is 0.594. The molecule has 2 heterocycles. The van der Waals surface area contributed by atoms with Gasteiger partial charge in [0.1, 0.15) is 5.82 Å². The normalized spacial score (nSPS) is 11.0. The molecule has 0 aliphatic rings. The van der Waals surface area contributed by atoms with Gasteiger partial charge < -0.3 is 0 Å². The number of rotatable bonds is 4. The number of anilines is 1. The van der Waals surface area contributed by atoms with Crippen LogP contribution in [0.15, 0.2) is 64.6 Å². The van der Waals surface area contributed by atoms with Crippen molar-refractivity contribution < 1.29 is 0 Å². The predicted molar refractivity (Wildman–Crippen MR) is 91.2 cm³/mol. The SMILES string of the molecule is Cc1c(/C=N\Nc2ccccn2)n(C)n(-c2ccccc2)c1=O. The lowest BCUT2D eigenvalue weighted by molar-refractivity contribution is 0.643. The number of hydrogen-bond acceptors (Lipinski definition) is 4. The van der Waals surface area contributed by atoms with Gasteiger partial charge in [-0.25, -0.2) is 9.67 Å². The summed E-state index contributed by atoms with van der Waals surface area (Å²) in [5.41, 5.74) is 4.99. The number of hydrogen-bond donors (Lipinski definition) is 1. The summed E-state index contributed by atoms with van der Waals surface area (Å²) >= 11 is 0. The van der Waals surface area contributed by atoms with Crippen molar-refractivity contribution in [2.24, 2.45) is 12.1 Å². The number of aromatic nitrogens is 3. The monoisotopic (exact) mass is 307 g/mol. The van der Waals surface area contributed by atoms with Crippen LogP contribution in [-0.2, 0) is 7.05 Å². The molecule has 0 aliphatic heterocycles. The van der Waals surface area contributed by atoms with Crippen LogP contribution in [0.25, 0.3) is 5.69 Å². The number of nitrogens with one attached hydrogen (secondary N) is 1. The van der Waals surface area contributed by atoms with Crippen LogP contribution in [0.4, 0.5) is 5.82 Å². The number of pyridine rings is 1. The molecule has 0 spiro atoms. The van der Waals surface area contributed by atoms with Crippen molar-refractivity contribution >= 4 is 12.0 Å². The minimum atomic E-state index is -0.0574. The minimum absolute atomic E-state index is 0.0574. The first-order valence-corrected chi connectivity index (χ1v) is 7.22. The third kappa shape index (κ3) is 2.91. The first-order valence-electron chi connectivity index (χ1n) is 7.22. The van der Waals surface area contributed by atoms with Gasteiger partial charge in [-0.2, -0.15) is 5.10 Å². The van der Waals surface area contributed by atoms with Crippen molar-refractivity contribution in [1.29, 1.82) is 0 Å². The maximum absolute atomic E-state index is 12.5. The van der Waals surface area contributed by atoms with E-state index in [1.807, 2.05) is 55.6 Å². The van der Waals surface area contributed by atoms with E-state index < -0.39 is 0 Å². The van der Waals surface area contributed by atoms with Crippen molar-refractivity contribution in [2.45, 2.75) is 6.92 Å². The largest absolute Gasteiger partial charge is 0.279 e. The minimum Gasteiger partial charge on any atom is -0.279 e. The molecule has 0 unspecified atom stereocenters. The highest BCUT2D eigenvalue weighted by Gasteiger charge is 2.13. The van der Waals surface area contributed by atoms with E-state index in [1.165, 1.54) is 0 Å². The third-order valence-corrected chi connectivity index (χ3v) is 3.58. The lowest BCUT2D eigenvalue weighted by Crippen LogP contribution is -2.20. The van der Waals surface area contributed by atoms with E-state index in [0.717, 1.165) is 11.4 Å². The van der Waals surface area contributed by atoms with E-state index in [-0.39, 0.29) is 5.56 Å². The molecule has 3 aromatic rings. The molecule has 1 N–H and O–H groups in total. The van der Waals surface area contributed by atoms with Crippen LogP contribution in [-0.4, -0.2) is 20.6 Å². The zero-order valence-corrected chi connectivity index (χ0v) is 13.0. The fraction of sp³-hybridized carbons (Fsp3) is 0.118. The van der Waals surface area contributed by atoms with Gasteiger partial charge in [-0.05, 0) is 31.2 Å². The molecule has 3 rings (SSSR count). The molecule has 0 saturated heterocycles. The molecular formula is C17H17N5O. The Morgan fingerprint density at radius 2 is 1.87 bits per heavy atom. The molecule has 6 heteroatoms. The van der Waals surface area contributed by atoms with Crippen LogP contribution in [0, 0.1) is 6.92 Å². The number of para-hydroxylation sites is 1. The van der Waals surface area contributed by atoms with Gasteiger partial charge in [0.2, 0.25) is 0 Å². The molecular weight excluding hydrogens is 290 g/mol. The summed E-state index contributed by atoms with van der Waals surface area (Å²) in [4.78, 5) is 16.6. The lowest BCUT2D eigenvalue weighted by Gasteiger charge is -2.07. The Morgan fingerprint density at radius 1 is 1.13 bits per heavy atom. The number of nitrogens with zero attached hydrogens (tertiary/aromatic N) is 4. The van der Waals surface area contributed by atoms with E-state index in [1.54, 1.807) is 28.7 Å². The first-order chi connectivity index (χ1) is 11.2. The summed E-state index contributed by atoms with van der Waals surface area (Å²) in [7, 11) is 1.84. The summed E-state index contributed by atoms with van der Waals surface area (Å²) in [6.07, 6.45) is 3.32. The second-order valence-electron chi connectivity index (χ2n) is 5.07. The van der Waals surface area contributed by atoms with Crippen LogP contribution in [0.5, 0.6) is 0 Å². The molecule has 0 saturated carbocycles. The third-order valence-electron chi connectivity index (χ3n) is 3.58. The van der Waals surface area contributed by atoms with Crippen molar-refractivity contribution in [3.05, 3.63) is 76.3 Å². The summed E-state index contributed by atoms with van der Waals surface area (Å²) in [5, 5.41) is 4.17. The fourth-order valence-electron chi connectivity index (χ4n) is 2.38. The molecule has 0 atom stereocenters. The Morgan fingerprint density at radius 3 is 2.57 bits per heavy atom. The van der Waals surface area contributed by atoms with Crippen LogP contribution >= 0.6 is 0 Å². The summed E-state index contributed by atoms with van der Waals surface area (Å²) in [5.74, 6) is 0.647. The lowest BCUT2D eigenvalue weighted by atomic mass is 10.3. The number of benzene rings is 1. The molecule has 23 heavy (non-hydrogen) atoms. The summed E-state index contributed by atoms with van der Waals surface area (Å²) in [6, 6.07) is 15.0. The fourth-order valence-corrected chi connectivity index (χ4v) is 2.38. The smallest absolute Gasteiger partial charge is 0.274 e. The van der Waals surface area contributed by atoms with Crippen molar-refractivity contribution in [1.82, 2.24) is 14.3 Å². The van der Waals surface area contributed by atoms with Crippen LogP contribution in [0.3, 0.4) is 0 Å². The molecule has 116 valence electrons. The Hall–Kier alpha value is -3.15. The summed E-state index contributed by atoms with van der Waals surface area (Å²) < 4.78 is 3.41. The van der Waals surface area contributed by atoms with Gasteiger partial charge >= 0.3 is 0 Å². The van der Waals surface area contributed by atoms with E-state index in [0.29, 0.717) is 11.4 Å². The van der Waals surface area contributed by atoms with E-state index >= 15 is 0 Å². The van der Waals surface area contributed by atoms with E-state index in [4.69, 9.17) is 0 Å². The van der Waals surface area contributed by atoms with Gasteiger partial charge in [0.25, 0.3) is 5.56 Å². The van der Waals surface area contributed by atoms with Gasteiger partial charge in [-0.15, -0.1) is 0 Å². The van der Waals surface area contributed by atoms with Crippen molar-refractivity contribution in [3.8, 4) is 5.69 Å². The van der Waals surface area contributed by atoms with Crippen molar-refractivity contribution in [3.63, 3.8) is 0 Å². The van der Waals surface area contributed by atoms with Gasteiger partial charge in [-0.1, -0.05) is 24.3 Å². The highest BCUT2D eigenvalue weighted by Crippen LogP contribution is 2.09. The Kier molecular flexibility index (Phi) is 4.05. The Bertz CT molecular complexity index is 879. The topological polar surface area (TPSA) is 64.2 Å². The van der Waals surface area contributed by atoms with E-state index in [9.17, 15) is 4.79 Å². The highest BCUT2D eigenvalue weighted by molar-refractivity contribution is 5.80. The van der Waals surface area contributed by atoms with Crippen LogP contribution in [0.2, 0.25) is 0 Å². The number of hydrazone groups is 1. The van der Waals surface area contributed by atoms with Crippen LogP contribution < -0.4 is 11.0 Å². The second kappa shape index (κ2) is 6.31. The Balaban J connectivity index is 1.93. The predicted octanol–water partition coefficient (Wildman–Crippen LogP) is 2.33. The van der Waals surface area contributed by atoms with E-state index in [2.05, 4.69) is 15.5 Å². The molecule has 6 nitrogen and oxygen atoms in total. The Labute approximate surface area is 133 Å². The zero-order valence-electron chi connectivity index (χ0n) is 13.0. The maximum atomic E-state index is 12.5. The molecule has 1 aromatic carbocycles. The molecule has 0 bridgehead atoms. The second-order valence-corrected chi connectivity index (χ2v) is 5.07. The van der Waals surface area contributed by atoms with Gasteiger partial charge in [-0.3, -0.25) is 14.9 Å². The van der Waals surface area contributed by atoms with Crippen molar-refractivity contribution in [2.75, 3.05) is 5.43 Å². The standard InChI is InChI=1S/C17H17N5O/c1-13-15(12-19-20-16-10-6-7-11-18-16)21(2)22(17(13)23)14-8-4-3-5-9-14/h3-12H,1-2H3,(H,18,20)/b19-12-. The molecule has 0 radical (unpaired) electrons. The van der Waals surface area contributed by atoms with Gasteiger partial charge in [0.05, 0.1) is 17.6 Å². The molecule has 0 aliphatic carbocycles. The molecule has 0 amide bonds. The molecule has 2 aromatic heterocycles. The summed E-state index contributed by atoms with van der Waals surface area (Å²) in [6.45, 7) is 1.80. The average Bonchev–Trinajstić information content (AvgIpc) is 2.80. The molecule has 0 fully saturated rings. The average molecular weight is 307 g/mol. The zero-order chi connectivity index (χ0) is 16.2. The van der Waals surface area contributed by atoms with Gasteiger partial charge in [0.15, 0.2) is 0 Å². The van der Waals surface area contributed by atoms with Crippen LogP contribution in [0.1, 0.15) is 11.3 Å². The maximum Gasteiger partial charge on any atom is 0.274 e. The first kappa shape index (κ1) is 14.8. The highest BCUT2D eigenvalue weighted by atomic mass is 16.1. The van der Waals surface area contributed by atoms with Gasteiger partial charge in [0, 0.05) is 18.8 Å².